The number of amidine groups is 1. The molecule has 5 rings (SSSR count). The molecule has 29 heavy (non-hydrogen) atoms. The maximum Gasteiger partial charge on any atom is 0.265 e. The van der Waals surface area contributed by atoms with Gasteiger partial charge < -0.3 is 4.74 Å². The van der Waals surface area contributed by atoms with Gasteiger partial charge in [-0.25, -0.2) is 0 Å². The normalized spacial score (nSPS) is 21.6. The van der Waals surface area contributed by atoms with Crippen LogP contribution in [0.15, 0.2) is 116 Å². The van der Waals surface area contributed by atoms with Crippen LogP contribution in [-0.2, 0) is 0 Å². The summed E-state index contributed by atoms with van der Waals surface area (Å²) in [6.07, 6.45) is 11.4. The third kappa shape index (κ3) is 2.98. The minimum absolute atomic E-state index is 0.00164. The van der Waals surface area contributed by atoms with Gasteiger partial charge in [-0.15, -0.1) is 4.59 Å². The van der Waals surface area contributed by atoms with Gasteiger partial charge in [-0.2, -0.15) is 10.8 Å². The molecule has 0 aromatic heterocycles. The topological polar surface area (TPSA) is 60.0 Å². The highest BCUT2D eigenvalue weighted by Gasteiger charge is 2.44. The summed E-state index contributed by atoms with van der Waals surface area (Å²) in [5.74, 6) is 8.31. The Morgan fingerprint density at radius 2 is 1.93 bits per heavy atom. The highest BCUT2D eigenvalue weighted by atomic mass is 32.2. The van der Waals surface area contributed by atoms with Crippen LogP contribution >= 0.6 is 11.8 Å². The molecule has 2 aliphatic heterocycles. The lowest BCUT2D eigenvalue weighted by Gasteiger charge is -2.26. The van der Waals surface area contributed by atoms with Crippen molar-refractivity contribution >= 4 is 23.8 Å². The number of methoxy groups -OCH3 is 1. The molecule has 0 spiro atoms. The van der Waals surface area contributed by atoms with E-state index < -0.39 is 0 Å². The Kier molecular flexibility index (Phi) is 4.32. The minimum atomic E-state index is -0.00164. The summed E-state index contributed by atoms with van der Waals surface area (Å²) in [6, 6.07) is 16.3. The van der Waals surface area contributed by atoms with Gasteiger partial charge in [0.2, 0.25) is 5.70 Å². The zero-order valence-corrected chi connectivity index (χ0v) is 16.6. The molecular weight excluding hydrogens is 380 g/mol. The van der Waals surface area contributed by atoms with Gasteiger partial charge >= 0.3 is 0 Å². The van der Waals surface area contributed by atoms with E-state index in [1.165, 1.54) is 0 Å². The van der Waals surface area contributed by atoms with Crippen LogP contribution in [0.4, 0.5) is 0 Å². The summed E-state index contributed by atoms with van der Waals surface area (Å²) in [4.78, 5) is 11.4. The van der Waals surface area contributed by atoms with Crippen molar-refractivity contribution in [2.45, 2.75) is 9.79 Å². The van der Waals surface area contributed by atoms with Crippen molar-refractivity contribution in [3.8, 4) is 5.75 Å². The Hall–Kier alpha value is -3.19. The number of nitrogens with two attached hydrogens (primary N) is 1. The summed E-state index contributed by atoms with van der Waals surface area (Å²) in [6.45, 7) is 0. The van der Waals surface area contributed by atoms with Crippen molar-refractivity contribution in [3.05, 3.63) is 102 Å². The van der Waals surface area contributed by atoms with E-state index in [1.807, 2.05) is 54.8 Å². The molecule has 5 nitrogen and oxygen atoms in total. The Balaban J connectivity index is 1.54. The molecule has 0 bridgehead atoms. The van der Waals surface area contributed by atoms with Crippen LogP contribution in [0.2, 0.25) is 0 Å². The highest BCUT2D eigenvalue weighted by molar-refractivity contribution is 7.99. The molecular formula is C23H19N4OS+. The van der Waals surface area contributed by atoms with E-state index in [-0.39, 0.29) is 4.59 Å². The molecule has 0 fully saturated rings. The first-order valence-electron chi connectivity index (χ1n) is 9.21. The number of rotatable bonds is 5. The number of hydrogen-bond acceptors (Lipinski definition) is 5. The predicted molar refractivity (Wildman–Crippen MR) is 116 cm³/mol. The van der Waals surface area contributed by atoms with Gasteiger partial charge in [0, 0.05) is 10.5 Å². The van der Waals surface area contributed by atoms with Gasteiger partial charge in [0.25, 0.3) is 5.84 Å². The van der Waals surface area contributed by atoms with Crippen LogP contribution in [0.3, 0.4) is 0 Å². The van der Waals surface area contributed by atoms with Crippen LogP contribution < -0.4 is 10.6 Å². The number of hydrogen-bond donors (Lipinski definition) is 1. The molecule has 1 aliphatic carbocycles. The highest BCUT2D eigenvalue weighted by Crippen LogP contribution is 2.39. The maximum absolute atomic E-state index is 6.77. The lowest BCUT2D eigenvalue weighted by molar-refractivity contribution is -0.750. The molecule has 3 aliphatic rings. The predicted octanol–water partition coefficient (Wildman–Crippen LogP) is 4.56. The second kappa shape index (κ2) is 7.00. The van der Waals surface area contributed by atoms with Crippen LogP contribution in [0.5, 0.6) is 5.75 Å². The fourth-order valence-electron chi connectivity index (χ4n) is 3.45. The molecule has 1 atom stereocenters. The number of allylic oxidation sites excluding steroid dienone is 4. The van der Waals surface area contributed by atoms with Crippen molar-refractivity contribution in [1.82, 2.24) is 0 Å². The first-order valence-corrected chi connectivity index (χ1v) is 10.0. The number of ether oxygens (including phenoxy) is 1. The SMILES string of the molecule is COc1cc(C2=NC(C3=CC=C3)=C3C=NC=C[N+]23N)ccc1Sc1ccccc1. The Labute approximate surface area is 173 Å². The molecule has 2 N–H and O–H groups in total. The smallest absolute Gasteiger partial charge is 0.265 e. The molecule has 2 aromatic carbocycles. The van der Waals surface area contributed by atoms with Gasteiger partial charge in [0.15, 0.2) is 0 Å². The summed E-state index contributed by atoms with van der Waals surface area (Å²) in [5, 5.41) is 0. The molecule has 1 unspecified atom stereocenters. The summed E-state index contributed by atoms with van der Waals surface area (Å²) in [5.41, 5.74) is 3.70. The van der Waals surface area contributed by atoms with E-state index in [9.17, 15) is 0 Å². The Morgan fingerprint density at radius 3 is 2.66 bits per heavy atom. The van der Waals surface area contributed by atoms with E-state index in [4.69, 9.17) is 15.6 Å². The number of fused-ring (bicyclic) bond motifs is 1. The van der Waals surface area contributed by atoms with Gasteiger partial charge in [-0.3, -0.25) is 4.99 Å². The second-order valence-corrected chi connectivity index (χ2v) is 7.90. The molecule has 2 heterocycles. The molecule has 6 heteroatoms. The fraction of sp³-hybridized carbons (Fsp3) is 0.0435. The molecule has 0 saturated carbocycles. The van der Waals surface area contributed by atoms with Gasteiger partial charge in [0.05, 0.1) is 30.0 Å². The van der Waals surface area contributed by atoms with Gasteiger partial charge in [-0.05, 0) is 30.3 Å². The first-order chi connectivity index (χ1) is 14.2. The van der Waals surface area contributed by atoms with Gasteiger partial charge in [0.1, 0.15) is 17.6 Å². The number of aliphatic imine (C=N–C) groups is 2. The summed E-state index contributed by atoms with van der Waals surface area (Å²) >= 11 is 1.67. The fourth-order valence-corrected chi connectivity index (χ4v) is 4.37. The first kappa shape index (κ1) is 17.9. The molecule has 0 saturated heterocycles. The average Bonchev–Trinajstić information content (AvgIpc) is 3.01. The summed E-state index contributed by atoms with van der Waals surface area (Å²) in [7, 11) is 1.68. The number of benzene rings is 2. The van der Waals surface area contributed by atoms with Crippen LogP contribution in [0.1, 0.15) is 5.56 Å². The third-order valence-corrected chi connectivity index (χ3v) is 6.08. The standard InChI is InChI=1S/C23H19N4OS/c1-28-20-14-17(10-11-21(20)29-18-8-3-2-4-9-18)23-26-22(16-6-5-7-16)19-15-25-12-13-27(19,23)24/h2-15H,24H2,1H3/q+1. The minimum Gasteiger partial charge on any atom is -0.496 e. The van der Waals surface area contributed by atoms with Crippen molar-refractivity contribution < 1.29 is 9.33 Å². The van der Waals surface area contributed by atoms with Crippen LogP contribution in [0, 0.1) is 0 Å². The zero-order valence-electron chi connectivity index (χ0n) is 15.8. The molecule has 0 radical (unpaired) electrons. The quantitative estimate of drug-likeness (QED) is 0.592. The molecule has 2 aromatic rings. The van der Waals surface area contributed by atoms with Crippen molar-refractivity contribution in [2.75, 3.05) is 7.11 Å². The average molecular weight is 399 g/mol. The monoisotopic (exact) mass is 399 g/mol. The van der Waals surface area contributed by atoms with E-state index in [2.05, 4.69) is 23.2 Å². The number of quaternary nitrogens is 1. The summed E-state index contributed by atoms with van der Waals surface area (Å²) < 4.78 is 5.69. The van der Waals surface area contributed by atoms with E-state index in [0.29, 0.717) is 0 Å². The van der Waals surface area contributed by atoms with Crippen molar-refractivity contribution in [2.24, 2.45) is 15.8 Å². The van der Waals surface area contributed by atoms with Gasteiger partial charge in [-0.1, -0.05) is 48.2 Å². The van der Waals surface area contributed by atoms with E-state index in [1.54, 1.807) is 31.3 Å². The zero-order chi connectivity index (χ0) is 19.8. The Bertz CT molecular complexity index is 1170. The lowest BCUT2D eigenvalue weighted by Crippen LogP contribution is -2.53. The van der Waals surface area contributed by atoms with Crippen molar-refractivity contribution in [1.29, 1.82) is 0 Å². The van der Waals surface area contributed by atoms with E-state index in [0.717, 1.165) is 43.9 Å². The number of nitrogens with zero attached hydrogens (tertiary/aromatic N) is 3. The maximum atomic E-state index is 6.77. The van der Waals surface area contributed by atoms with E-state index >= 15 is 0 Å². The molecule has 142 valence electrons. The lowest BCUT2D eigenvalue weighted by atomic mass is 10.0. The molecule has 0 amide bonds. The van der Waals surface area contributed by atoms with Crippen LogP contribution in [0.25, 0.3) is 0 Å². The second-order valence-electron chi connectivity index (χ2n) is 6.78. The van der Waals surface area contributed by atoms with Crippen LogP contribution in [-0.4, -0.2) is 23.8 Å². The Morgan fingerprint density at radius 1 is 1.10 bits per heavy atom. The largest absolute Gasteiger partial charge is 0.496 e. The third-order valence-electron chi connectivity index (χ3n) is 5.01. The van der Waals surface area contributed by atoms with Crippen molar-refractivity contribution in [3.63, 3.8) is 0 Å².